The Hall–Kier alpha value is -1.06. The Morgan fingerprint density at radius 3 is 1.10 bits per heavy atom. The SMILES string of the molecule is C.C.C.C.CCC(C)(C)C(=O)OC(C)(C)C.CCC(C)(C)C(=O)OC(C)(C)C(C)C. The van der Waals surface area contributed by atoms with E-state index < -0.39 is 0 Å². The van der Waals surface area contributed by atoms with Gasteiger partial charge in [0.15, 0.2) is 0 Å². The topological polar surface area (TPSA) is 52.6 Å². The molecule has 4 nitrogen and oxygen atoms in total. The Morgan fingerprint density at radius 1 is 0.633 bits per heavy atom. The Labute approximate surface area is 191 Å². The van der Waals surface area contributed by atoms with Crippen molar-refractivity contribution in [2.45, 2.75) is 144 Å². The van der Waals surface area contributed by atoms with Crippen LogP contribution >= 0.6 is 0 Å². The van der Waals surface area contributed by atoms with Gasteiger partial charge in [-0.3, -0.25) is 9.59 Å². The molecule has 0 bridgehead atoms. The minimum Gasteiger partial charge on any atom is -0.460 e. The van der Waals surface area contributed by atoms with Gasteiger partial charge in [-0.25, -0.2) is 0 Å². The summed E-state index contributed by atoms with van der Waals surface area (Å²) in [5.41, 5.74) is -1.47. The van der Waals surface area contributed by atoms with Crippen LogP contribution in [0, 0.1) is 16.7 Å². The Balaban J connectivity index is -0.0000000854. The lowest BCUT2D eigenvalue weighted by Crippen LogP contribution is -2.38. The predicted molar refractivity (Wildman–Crippen MR) is 136 cm³/mol. The molecule has 0 aliphatic carbocycles. The molecule has 0 aliphatic heterocycles. The van der Waals surface area contributed by atoms with Crippen LogP contribution in [0.4, 0.5) is 0 Å². The summed E-state index contributed by atoms with van der Waals surface area (Å²) in [6.07, 6.45) is 1.61. The summed E-state index contributed by atoms with van der Waals surface area (Å²) < 4.78 is 10.8. The van der Waals surface area contributed by atoms with Crippen molar-refractivity contribution in [3.8, 4) is 0 Å². The van der Waals surface area contributed by atoms with Gasteiger partial charge in [-0.15, -0.1) is 0 Å². The van der Waals surface area contributed by atoms with Crippen LogP contribution in [0.25, 0.3) is 0 Å². The first-order valence-corrected chi connectivity index (χ1v) is 9.79. The highest BCUT2D eigenvalue weighted by atomic mass is 16.6. The highest BCUT2D eigenvalue weighted by Gasteiger charge is 2.34. The monoisotopic (exact) mass is 436 g/mol. The molecule has 0 rings (SSSR count). The first-order valence-electron chi connectivity index (χ1n) is 9.79. The number of carbonyl (C=O) groups excluding carboxylic acids is 2. The molecule has 0 atom stereocenters. The average Bonchev–Trinajstić information content (AvgIpc) is 2.45. The molecule has 0 heterocycles. The number of hydrogen-bond donors (Lipinski definition) is 0. The van der Waals surface area contributed by atoms with Crippen molar-refractivity contribution in [1.82, 2.24) is 0 Å². The van der Waals surface area contributed by atoms with Crippen molar-refractivity contribution in [2.24, 2.45) is 16.7 Å². The summed E-state index contributed by atoms with van der Waals surface area (Å²) in [4.78, 5) is 23.3. The van der Waals surface area contributed by atoms with Crippen molar-refractivity contribution in [2.75, 3.05) is 0 Å². The predicted octanol–water partition coefficient (Wildman–Crippen LogP) is 8.71. The molecule has 0 aromatic heterocycles. The number of hydrogen-bond acceptors (Lipinski definition) is 4. The molecular weight excluding hydrogens is 376 g/mol. The fourth-order valence-electron chi connectivity index (χ4n) is 1.20. The van der Waals surface area contributed by atoms with Gasteiger partial charge in [0.1, 0.15) is 11.2 Å². The molecule has 0 radical (unpaired) electrons. The van der Waals surface area contributed by atoms with Gasteiger partial charge in [0, 0.05) is 0 Å². The summed E-state index contributed by atoms with van der Waals surface area (Å²) in [5, 5.41) is 0. The van der Waals surface area contributed by atoms with Gasteiger partial charge < -0.3 is 9.47 Å². The van der Waals surface area contributed by atoms with E-state index in [0.29, 0.717) is 5.92 Å². The molecule has 30 heavy (non-hydrogen) atoms. The van der Waals surface area contributed by atoms with Gasteiger partial charge in [0.25, 0.3) is 0 Å². The van der Waals surface area contributed by atoms with Gasteiger partial charge in [0.05, 0.1) is 10.8 Å². The summed E-state index contributed by atoms with van der Waals surface area (Å²) in [6.45, 7) is 25.3. The highest BCUT2D eigenvalue weighted by Crippen LogP contribution is 2.28. The van der Waals surface area contributed by atoms with Crippen molar-refractivity contribution >= 4 is 11.9 Å². The van der Waals surface area contributed by atoms with E-state index in [-0.39, 0.29) is 63.7 Å². The van der Waals surface area contributed by atoms with E-state index in [1.165, 1.54) is 0 Å². The van der Waals surface area contributed by atoms with E-state index in [9.17, 15) is 9.59 Å². The van der Waals surface area contributed by atoms with Crippen molar-refractivity contribution < 1.29 is 19.1 Å². The van der Waals surface area contributed by atoms with E-state index in [2.05, 4.69) is 13.8 Å². The maximum atomic E-state index is 11.8. The number of ether oxygens (including phenoxy) is 2. The van der Waals surface area contributed by atoms with E-state index >= 15 is 0 Å². The summed E-state index contributed by atoms with van der Waals surface area (Å²) >= 11 is 0. The first kappa shape index (κ1) is 42.9. The van der Waals surface area contributed by atoms with Gasteiger partial charge in [0.2, 0.25) is 0 Å². The zero-order chi connectivity index (χ0) is 21.6. The maximum Gasteiger partial charge on any atom is 0.312 e. The fourth-order valence-corrected chi connectivity index (χ4v) is 1.20. The van der Waals surface area contributed by atoms with E-state index in [1.54, 1.807) is 0 Å². The fraction of sp³-hybridized carbons (Fsp3) is 0.923. The molecule has 188 valence electrons. The summed E-state index contributed by atoms with van der Waals surface area (Å²) in [6, 6.07) is 0. The maximum absolute atomic E-state index is 11.8. The molecule has 0 aromatic rings. The smallest absolute Gasteiger partial charge is 0.312 e. The summed E-state index contributed by atoms with van der Waals surface area (Å²) in [7, 11) is 0. The van der Waals surface area contributed by atoms with Gasteiger partial charge in [-0.05, 0) is 81.1 Å². The zero-order valence-corrected chi connectivity index (χ0v) is 19.6. The highest BCUT2D eigenvalue weighted by molar-refractivity contribution is 5.76. The molecule has 0 saturated heterocycles. The number of rotatable bonds is 6. The zero-order valence-electron chi connectivity index (χ0n) is 19.6. The van der Waals surface area contributed by atoms with Gasteiger partial charge in [-0.1, -0.05) is 57.4 Å². The van der Waals surface area contributed by atoms with E-state index in [0.717, 1.165) is 12.8 Å². The van der Waals surface area contributed by atoms with E-state index in [4.69, 9.17) is 9.47 Å². The number of carbonyl (C=O) groups is 2. The van der Waals surface area contributed by atoms with Crippen LogP contribution in [0.1, 0.15) is 133 Å². The molecule has 0 aromatic carbocycles. The van der Waals surface area contributed by atoms with Crippen molar-refractivity contribution in [1.29, 1.82) is 0 Å². The van der Waals surface area contributed by atoms with Crippen molar-refractivity contribution in [3.05, 3.63) is 0 Å². The van der Waals surface area contributed by atoms with E-state index in [1.807, 2.05) is 76.2 Å². The first-order chi connectivity index (χ1) is 11.3. The van der Waals surface area contributed by atoms with Crippen LogP contribution in [-0.2, 0) is 19.1 Å². The lowest BCUT2D eigenvalue weighted by atomic mass is 9.89. The molecule has 0 fully saturated rings. The Kier molecular flexibility index (Phi) is 22.5. The lowest BCUT2D eigenvalue weighted by molar-refractivity contribution is -0.171. The average molecular weight is 437 g/mol. The van der Waals surface area contributed by atoms with Crippen LogP contribution in [0.15, 0.2) is 0 Å². The third kappa shape index (κ3) is 16.7. The quantitative estimate of drug-likeness (QED) is 0.391. The van der Waals surface area contributed by atoms with Crippen molar-refractivity contribution in [3.63, 3.8) is 0 Å². The third-order valence-corrected chi connectivity index (χ3v) is 5.02. The molecule has 0 saturated carbocycles. The Bertz CT molecular complexity index is 452. The summed E-state index contributed by atoms with van der Waals surface area (Å²) in [5.74, 6) is 0.121. The molecule has 0 amide bonds. The minimum absolute atomic E-state index is 0. The van der Waals surface area contributed by atoms with Crippen LogP contribution in [0.3, 0.4) is 0 Å². The second-order valence-corrected chi connectivity index (χ2v) is 10.1. The molecule has 0 N–H and O–H groups in total. The standard InChI is InChI=1S/C12H24O2.C10H20O2.4CH4/c1-8-11(4,5)10(13)14-12(6,7)9(2)3;1-7-10(5,6)8(11)12-9(2,3)4;;;;/h9H,8H2,1-7H3;7H2,1-6H3;4*1H4. The Morgan fingerprint density at radius 2 is 0.900 bits per heavy atom. The van der Waals surface area contributed by atoms with Gasteiger partial charge >= 0.3 is 11.9 Å². The van der Waals surface area contributed by atoms with Crippen LogP contribution in [0.5, 0.6) is 0 Å². The second kappa shape index (κ2) is 15.7. The molecule has 4 heteroatoms. The third-order valence-electron chi connectivity index (χ3n) is 5.02. The molecule has 0 aliphatic rings. The molecule has 0 unspecified atom stereocenters. The largest absolute Gasteiger partial charge is 0.460 e. The van der Waals surface area contributed by atoms with Gasteiger partial charge in [-0.2, -0.15) is 0 Å². The molecular formula is C26H60O4. The molecule has 0 spiro atoms. The van der Waals surface area contributed by atoms with Crippen LogP contribution < -0.4 is 0 Å². The minimum atomic E-state index is -0.372. The second-order valence-electron chi connectivity index (χ2n) is 10.1. The number of esters is 2. The van der Waals surface area contributed by atoms with Crippen LogP contribution in [0.2, 0.25) is 0 Å². The lowest BCUT2D eigenvalue weighted by Gasteiger charge is -2.33. The van der Waals surface area contributed by atoms with Crippen LogP contribution in [-0.4, -0.2) is 23.1 Å². The normalized spacial score (nSPS) is 11.3.